The lowest BCUT2D eigenvalue weighted by molar-refractivity contribution is -0.142. The molecule has 0 radical (unpaired) electrons. The number of hydrogen-bond acceptors (Lipinski definition) is 6. The normalized spacial score (nSPS) is 10.0. The predicted molar refractivity (Wildman–Crippen MR) is 79.6 cm³/mol. The van der Waals surface area contributed by atoms with Gasteiger partial charge < -0.3 is 19.9 Å². The van der Waals surface area contributed by atoms with E-state index in [2.05, 4.69) is 17.2 Å². The Labute approximate surface area is 129 Å². The number of rotatable bonds is 9. The van der Waals surface area contributed by atoms with Gasteiger partial charge in [-0.05, 0) is 18.6 Å². The standard InChI is InChI=1S/C15H22N2O5/c1-2-3-4-5-6-10-21-13(19)11-17-15(20)22-14-12(18)8-7-9-16-14/h7-9,18H,2-6,10-11H2,1H3,(H,17,20). The highest BCUT2D eigenvalue weighted by atomic mass is 16.6. The summed E-state index contributed by atoms with van der Waals surface area (Å²) in [4.78, 5) is 26.5. The molecule has 1 aromatic rings. The second kappa shape index (κ2) is 10.4. The van der Waals surface area contributed by atoms with Crippen LogP contribution in [0.2, 0.25) is 0 Å². The summed E-state index contributed by atoms with van der Waals surface area (Å²) in [6, 6.07) is 2.83. The summed E-state index contributed by atoms with van der Waals surface area (Å²) in [5.74, 6) is -1.01. The molecule has 0 aliphatic heterocycles. The zero-order valence-electron chi connectivity index (χ0n) is 12.7. The van der Waals surface area contributed by atoms with Gasteiger partial charge in [-0.25, -0.2) is 9.78 Å². The monoisotopic (exact) mass is 310 g/mol. The van der Waals surface area contributed by atoms with E-state index in [4.69, 9.17) is 9.47 Å². The fourth-order valence-corrected chi connectivity index (χ4v) is 1.67. The van der Waals surface area contributed by atoms with Crippen molar-refractivity contribution < 1.29 is 24.2 Å². The fourth-order valence-electron chi connectivity index (χ4n) is 1.67. The maximum atomic E-state index is 11.4. The molecular formula is C15H22N2O5. The highest BCUT2D eigenvalue weighted by Crippen LogP contribution is 2.20. The number of nitrogens with zero attached hydrogens (tertiary/aromatic N) is 1. The van der Waals surface area contributed by atoms with Gasteiger partial charge in [-0.15, -0.1) is 0 Å². The summed E-state index contributed by atoms with van der Waals surface area (Å²) in [7, 11) is 0. The Balaban J connectivity index is 2.13. The first-order valence-electron chi connectivity index (χ1n) is 7.38. The number of pyridine rings is 1. The van der Waals surface area contributed by atoms with E-state index in [0.29, 0.717) is 6.61 Å². The van der Waals surface area contributed by atoms with E-state index in [1.165, 1.54) is 24.8 Å². The Bertz CT molecular complexity index is 479. The van der Waals surface area contributed by atoms with Crippen molar-refractivity contribution in [3.8, 4) is 11.6 Å². The summed E-state index contributed by atoms with van der Waals surface area (Å²) in [5.41, 5.74) is 0. The van der Waals surface area contributed by atoms with Gasteiger partial charge in [0.05, 0.1) is 6.61 Å². The molecule has 0 fully saturated rings. The zero-order chi connectivity index (χ0) is 16.2. The van der Waals surface area contributed by atoms with Gasteiger partial charge in [0, 0.05) is 6.20 Å². The average molecular weight is 310 g/mol. The van der Waals surface area contributed by atoms with Crippen molar-refractivity contribution >= 4 is 12.1 Å². The van der Waals surface area contributed by atoms with E-state index in [0.717, 1.165) is 25.7 Å². The van der Waals surface area contributed by atoms with Gasteiger partial charge in [0.2, 0.25) is 0 Å². The Morgan fingerprint density at radius 1 is 1.27 bits per heavy atom. The number of amides is 1. The molecule has 7 nitrogen and oxygen atoms in total. The fraction of sp³-hybridized carbons (Fsp3) is 0.533. The van der Waals surface area contributed by atoms with E-state index in [-0.39, 0.29) is 18.2 Å². The molecule has 1 heterocycles. The zero-order valence-corrected chi connectivity index (χ0v) is 12.7. The van der Waals surface area contributed by atoms with Gasteiger partial charge in [-0.2, -0.15) is 0 Å². The molecule has 0 aromatic carbocycles. The third-order valence-electron chi connectivity index (χ3n) is 2.83. The lowest BCUT2D eigenvalue weighted by Gasteiger charge is -2.07. The number of aromatic nitrogens is 1. The number of ether oxygens (including phenoxy) is 2. The molecule has 2 N–H and O–H groups in total. The van der Waals surface area contributed by atoms with Crippen molar-refractivity contribution in [3.63, 3.8) is 0 Å². The summed E-state index contributed by atoms with van der Waals surface area (Å²) in [5, 5.41) is 11.6. The summed E-state index contributed by atoms with van der Waals surface area (Å²) >= 11 is 0. The predicted octanol–water partition coefficient (Wildman–Crippen LogP) is 2.39. The molecule has 122 valence electrons. The minimum absolute atomic E-state index is 0.218. The van der Waals surface area contributed by atoms with Crippen molar-refractivity contribution in [1.29, 1.82) is 0 Å². The number of nitrogens with one attached hydrogen (secondary N) is 1. The number of carbonyl (C=O) groups is 2. The first kappa shape index (κ1) is 17.7. The molecule has 0 spiro atoms. The molecule has 1 amide bonds. The van der Waals surface area contributed by atoms with Gasteiger partial charge >= 0.3 is 12.1 Å². The maximum Gasteiger partial charge on any atom is 0.414 e. The SMILES string of the molecule is CCCCCCCOC(=O)CNC(=O)Oc1ncccc1O. The minimum atomic E-state index is -0.881. The molecule has 7 heteroatoms. The number of esters is 1. The van der Waals surface area contributed by atoms with Crippen LogP contribution in [0.5, 0.6) is 11.6 Å². The summed E-state index contributed by atoms with van der Waals surface area (Å²) < 4.78 is 9.72. The summed E-state index contributed by atoms with van der Waals surface area (Å²) in [6.45, 7) is 2.19. The number of unbranched alkanes of at least 4 members (excludes halogenated alkanes) is 4. The molecule has 0 aliphatic rings. The van der Waals surface area contributed by atoms with Crippen LogP contribution in [0.15, 0.2) is 18.3 Å². The lowest BCUT2D eigenvalue weighted by atomic mass is 10.2. The van der Waals surface area contributed by atoms with E-state index >= 15 is 0 Å². The van der Waals surface area contributed by atoms with Crippen LogP contribution >= 0.6 is 0 Å². The van der Waals surface area contributed by atoms with E-state index in [1.807, 2.05) is 0 Å². The van der Waals surface area contributed by atoms with Gasteiger partial charge in [0.15, 0.2) is 5.75 Å². The van der Waals surface area contributed by atoms with Crippen LogP contribution in [0.1, 0.15) is 39.0 Å². The van der Waals surface area contributed by atoms with Crippen molar-refractivity contribution in [2.45, 2.75) is 39.0 Å². The Morgan fingerprint density at radius 3 is 2.77 bits per heavy atom. The molecule has 0 saturated carbocycles. The van der Waals surface area contributed by atoms with Crippen molar-refractivity contribution in [2.24, 2.45) is 0 Å². The van der Waals surface area contributed by atoms with Crippen LogP contribution in [0.4, 0.5) is 4.79 Å². The molecule has 0 aliphatic carbocycles. The van der Waals surface area contributed by atoms with Crippen LogP contribution in [0.25, 0.3) is 0 Å². The van der Waals surface area contributed by atoms with E-state index < -0.39 is 12.1 Å². The maximum absolute atomic E-state index is 11.4. The topological polar surface area (TPSA) is 97.8 Å². The highest BCUT2D eigenvalue weighted by molar-refractivity contribution is 5.78. The summed E-state index contributed by atoms with van der Waals surface area (Å²) in [6.07, 6.45) is 5.81. The Morgan fingerprint density at radius 2 is 2.05 bits per heavy atom. The second-order valence-corrected chi connectivity index (χ2v) is 4.71. The molecule has 1 aromatic heterocycles. The second-order valence-electron chi connectivity index (χ2n) is 4.71. The Hall–Kier alpha value is -2.31. The van der Waals surface area contributed by atoms with Crippen LogP contribution in [-0.2, 0) is 9.53 Å². The molecule has 22 heavy (non-hydrogen) atoms. The van der Waals surface area contributed by atoms with Crippen molar-refractivity contribution in [2.75, 3.05) is 13.2 Å². The first-order chi connectivity index (χ1) is 10.6. The van der Waals surface area contributed by atoms with Gasteiger partial charge in [0.25, 0.3) is 5.88 Å². The number of carbonyl (C=O) groups excluding carboxylic acids is 2. The van der Waals surface area contributed by atoms with E-state index in [1.54, 1.807) is 0 Å². The lowest BCUT2D eigenvalue weighted by Crippen LogP contribution is -2.33. The number of hydrogen-bond donors (Lipinski definition) is 2. The van der Waals surface area contributed by atoms with E-state index in [9.17, 15) is 14.7 Å². The van der Waals surface area contributed by atoms with Crippen LogP contribution in [0.3, 0.4) is 0 Å². The smallest absolute Gasteiger partial charge is 0.414 e. The van der Waals surface area contributed by atoms with Gasteiger partial charge in [0.1, 0.15) is 6.54 Å². The molecule has 0 saturated heterocycles. The third kappa shape index (κ3) is 7.47. The first-order valence-corrected chi connectivity index (χ1v) is 7.38. The molecule has 0 bridgehead atoms. The molecular weight excluding hydrogens is 288 g/mol. The largest absolute Gasteiger partial charge is 0.503 e. The van der Waals surface area contributed by atoms with Gasteiger partial charge in [-0.1, -0.05) is 32.6 Å². The van der Waals surface area contributed by atoms with Crippen molar-refractivity contribution in [1.82, 2.24) is 10.3 Å². The van der Waals surface area contributed by atoms with Gasteiger partial charge in [-0.3, -0.25) is 4.79 Å². The van der Waals surface area contributed by atoms with Crippen LogP contribution in [0, 0.1) is 0 Å². The third-order valence-corrected chi connectivity index (χ3v) is 2.83. The molecule has 1 rings (SSSR count). The van der Waals surface area contributed by atoms with Crippen LogP contribution < -0.4 is 10.1 Å². The minimum Gasteiger partial charge on any atom is -0.503 e. The Kier molecular flexibility index (Phi) is 8.40. The average Bonchev–Trinajstić information content (AvgIpc) is 2.51. The van der Waals surface area contributed by atoms with Crippen molar-refractivity contribution in [3.05, 3.63) is 18.3 Å². The molecule has 0 atom stereocenters. The quantitative estimate of drug-likeness (QED) is 0.537. The highest BCUT2D eigenvalue weighted by Gasteiger charge is 2.11. The van der Waals surface area contributed by atoms with Crippen LogP contribution in [-0.4, -0.2) is 35.3 Å². The molecule has 0 unspecified atom stereocenters. The number of aromatic hydroxyl groups is 1.